The molecule has 2 heterocycles. The van der Waals surface area contributed by atoms with E-state index in [0.29, 0.717) is 11.6 Å². The topological polar surface area (TPSA) is 77.2 Å². The van der Waals surface area contributed by atoms with Crippen LogP contribution in [-0.4, -0.2) is 32.7 Å². The van der Waals surface area contributed by atoms with Crippen molar-refractivity contribution in [3.05, 3.63) is 36.0 Å². The van der Waals surface area contributed by atoms with Crippen molar-refractivity contribution in [2.24, 2.45) is 0 Å². The fourth-order valence-corrected chi connectivity index (χ4v) is 1.44. The number of ether oxygens (including phenoxy) is 1. The van der Waals surface area contributed by atoms with Crippen molar-refractivity contribution in [1.82, 2.24) is 14.5 Å². The van der Waals surface area contributed by atoms with E-state index in [1.54, 1.807) is 17.1 Å². The lowest BCUT2D eigenvalue weighted by atomic mass is 10.2. The molecule has 2 aromatic heterocycles. The number of aromatic nitrogens is 3. The molecule has 0 fully saturated rings. The summed E-state index contributed by atoms with van der Waals surface area (Å²) in [6.07, 6.45) is 4.67. The third-order valence-electron chi connectivity index (χ3n) is 2.26. The Hall–Kier alpha value is -2.37. The summed E-state index contributed by atoms with van der Waals surface area (Å²) in [6, 6.07) is 1.43. The molecule has 0 saturated carbocycles. The van der Waals surface area contributed by atoms with E-state index in [4.69, 9.17) is 9.84 Å². The van der Waals surface area contributed by atoms with Crippen molar-refractivity contribution in [3.63, 3.8) is 0 Å². The van der Waals surface area contributed by atoms with Crippen LogP contribution in [0.1, 0.15) is 16.1 Å². The lowest BCUT2D eigenvalue weighted by molar-refractivity contribution is 0.0696. The Morgan fingerprint density at radius 3 is 2.76 bits per heavy atom. The predicted molar refractivity (Wildman–Crippen MR) is 59.6 cm³/mol. The molecule has 1 N–H and O–H groups in total. The highest BCUT2D eigenvalue weighted by atomic mass is 16.5. The number of aryl methyl sites for hydroxylation is 1. The lowest BCUT2D eigenvalue weighted by Crippen LogP contribution is -2.03. The number of carbonyl (C=O) groups is 1. The van der Waals surface area contributed by atoms with Gasteiger partial charge in [-0.1, -0.05) is 0 Å². The van der Waals surface area contributed by atoms with Crippen molar-refractivity contribution >= 4 is 5.97 Å². The number of pyridine rings is 1. The summed E-state index contributed by atoms with van der Waals surface area (Å²) in [5.41, 5.74) is 0.929. The minimum absolute atomic E-state index is 0.0856. The Labute approximate surface area is 97.5 Å². The van der Waals surface area contributed by atoms with Crippen molar-refractivity contribution in [2.75, 3.05) is 7.11 Å². The molecule has 0 bridgehead atoms. The van der Waals surface area contributed by atoms with Gasteiger partial charge in [0.15, 0.2) is 11.6 Å². The molecule has 17 heavy (non-hydrogen) atoms. The van der Waals surface area contributed by atoms with Gasteiger partial charge in [-0.05, 0) is 6.92 Å². The molecule has 0 unspecified atom stereocenters. The smallest absolute Gasteiger partial charge is 0.337 e. The molecule has 0 amide bonds. The van der Waals surface area contributed by atoms with E-state index >= 15 is 0 Å². The maximum atomic E-state index is 10.8. The highest BCUT2D eigenvalue weighted by Gasteiger charge is 2.11. The zero-order chi connectivity index (χ0) is 12.4. The number of aromatic carboxylic acids is 1. The number of hydrogen-bond acceptors (Lipinski definition) is 4. The standard InChI is InChI=1S/C11H11N3O3/c1-7-5-14(6-13-7)10-9(17-2)3-8(4-12-10)11(15)16/h3-6H,1-2H3,(H,15,16). The monoisotopic (exact) mass is 233 g/mol. The molecule has 0 radical (unpaired) electrons. The number of rotatable bonds is 3. The number of carboxylic acids is 1. The molecule has 0 saturated heterocycles. The van der Waals surface area contributed by atoms with Crippen LogP contribution >= 0.6 is 0 Å². The summed E-state index contributed by atoms with van der Waals surface area (Å²) in [7, 11) is 1.47. The average Bonchev–Trinajstić information content (AvgIpc) is 2.74. The fourth-order valence-electron chi connectivity index (χ4n) is 1.44. The predicted octanol–water partition coefficient (Wildman–Crippen LogP) is 1.28. The summed E-state index contributed by atoms with van der Waals surface area (Å²) in [5, 5.41) is 8.86. The number of imidazole rings is 1. The first-order valence-electron chi connectivity index (χ1n) is 4.90. The Morgan fingerprint density at radius 2 is 2.24 bits per heavy atom. The number of nitrogens with zero attached hydrogens (tertiary/aromatic N) is 3. The third kappa shape index (κ3) is 2.10. The van der Waals surface area contributed by atoms with E-state index in [-0.39, 0.29) is 5.56 Å². The summed E-state index contributed by atoms with van der Waals surface area (Å²) < 4.78 is 6.81. The van der Waals surface area contributed by atoms with Gasteiger partial charge in [-0.25, -0.2) is 14.8 Å². The Bertz CT molecular complexity index is 563. The molecule has 6 nitrogen and oxygen atoms in total. The Balaban J connectivity index is 2.51. The summed E-state index contributed by atoms with van der Waals surface area (Å²) in [5.74, 6) is -0.135. The first-order chi connectivity index (χ1) is 8.11. The second-order valence-electron chi connectivity index (χ2n) is 3.48. The first-order valence-corrected chi connectivity index (χ1v) is 4.90. The van der Waals surface area contributed by atoms with Crippen LogP contribution in [0, 0.1) is 6.92 Å². The molecule has 0 spiro atoms. The van der Waals surface area contributed by atoms with Crippen LogP contribution in [0.4, 0.5) is 0 Å². The van der Waals surface area contributed by atoms with Gasteiger partial charge in [0.05, 0.1) is 18.4 Å². The highest BCUT2D eigenvalue weighted by Crippen LogP contribution is 2.21. The van der Waals surface area contributed by atoms with E-state index < -0.39 is 5.97 Å². The van der Waals surface area contributed by atoms with Gasteiger partial charge in [0.1, 0.15) is 6.33 Å². The summed E-state index contributed by atoms with van der Waals surface area (Å²) in [4.78, 5) is 19.0. The van der Waals surface area contributed by atoms with Gasteiger partial charge in [0.25, 0.3) is 0 Å². The van der Waals surface area contributed by atoms with Crippen molar-refractivity contribution < 1.29 is 14.6 Å². The van der Waals surface area contributed by atoms with Gasteiger partial charge >= 0.3 is 5.97 Å². The zero-order valence-electron chi connectivity index (χ0n) is 9.41. The van der Waals surface area contributed by atoms with Gasteiger partial charge in [-0.15, -0.1) is 0 Å². The normalized spacial score (nSPS) is 10.2. The molecule has 88 valence electrons. The van der Waals surface area contributed by atoms with Crippen LogP contribution in [0.3, 0.4) is 0 Å². The van der Waals surface area contributed by atoms with Crippen LogP contribution in [0.2, 0.25) is 0 Å². The second-order valence-corrected chi connectivity index (χ2v) is 3.48. The van der Waals surface area contributed by atoms with E-state index in [1.165, 1.54) is 19.4 Å². The third-order valence-corrected chi connectivity index (χ3v) is 2.26. The molecule has 2 rings (SSSR count). The summed E-state index contributed by atoms with van der Waals surface area (Å²) in [6.45, 7) is 1.86. The quantitative estimate of drug-likeness (QED) is 0.864. The molecular formula is C11H11N3O3. The first kappa shape index (κ1) is 11.1. The molecule has 0 aliphatic rings. The molecule has 2 aromatic rings. The zero-order valence-corrected chi connectivity index (χ0v) is 9.41. The maximum Gasteiger partial charge on any atom is 0.337 e. The Kier molecular flexibility index (Phi) is 2.78. The van der Waals surface area contributed by atoms with Gasteiger partial charge < -0.3 is 9.84 Å². The van der Waals surface area contributed by atoms with E-state index in [0.717, 1.165) is 5.69 Å². The van der Waals surface area contributed by atoms with Crippen LogP contribution in [0.15, 0.2) is 24.8 Å². The maximum absolute atomic E-state index is 10.8. The highest BCUT2D eigenvalue weighted by molar-refractivity contribution is 5.88. The Morgan fingerprint density at radius 1 is 1.47 bits per heavy atom. The number of hydrogen-bond donors (Lipinski definition) is 1. The molecule has 0 aliphatic heterocycles. The molecule has 0 aliphatic carbocycles. The largest absolute Gasteiger partial charge is 0.493 e. The van der Waals surface area contributed by atoms with Gasteiger partial charge in [-0.2, -0.15) is 0 Å². The van der Waals surface area contributed by atoms with Crippen LogP contribution in [0.25, 0.3) is 5.82 Å². The average molecular weight is 233 g/mol. The van der Waals surface area contributed by atoms with E-state index in [9.17, 15) is 4.79 Å². The van der Waals surface area contributed by atoms with Crippen molar-refractivity contribution in [2.45, 2.75) is 6.92 Å². The van der Waals surface area contributed by atoms with Gasteiger partial charge in [-0.3, -0.25) is 4.57 Å². The van der Waals surface area contributed by atoms with Crippen LogP contribution in [0.5, 0.6) is 5.75 Å². The molecule has 0 atom stereocenters. The van der Waals surface area contributed by atoms with Crippen molar-refractivity contribution in [1.29, 1.82) is 0 Å². The van der Waals surface area contributed by atoms with E-state index in [2.05, 4.69) is 9.97 Å². The SMILES string of the molecule is COc1cc(C(=O)O)cnc1-n1cnc(C)c1. The second kappa shape index (κ2) is 4.25. The molecule has 6 heteroatoms. The van der Waals surface area contributed by atoms with Gasteiger partial charge in [0, 0.05) is 18.5 Å². The van der Waals surface area contributed by atoms with Crippen LogP contribution < -0.4 is 4.74 Å². The van der Waals surface area contributed by atoms with Crippen LogP contribution in [-0.2, 0) is 0 Å². The number of methoxy groups -OCH3 is 1. The van der Waals surface area contributed by atoms with Crippen molar-refractivity contribution in [3.8, 4) is 11.6 Å². The minimum atomic E-state index is -1.04. The van der Waals surface area contributed by atoms with Gasteiger partial charge in [0.2, 0.25) is 0 Å². The van der Waals surface area contributed by atoms with E-state index in [1.807, 2.05) is 6.92 Å². The summed E-state index contributed by atoms with van der Waals surface area (Å²) >= 11 is 0. The molecular weight excluding hydrogens is 222 g/mol. The number of carboxylic acid groups (broad SMARTS) is 1. The fraction of sp³-hybridized carbons (Fsp3) is 0.182. The minimum Gasteiger partial charge on any atom is -0.493 e. The molecule has 0 aromatic carbocycles. The lowest BCUT2D eigenvalue weighted by Gasteiger charge is -2.08.